The van der Waals surface area contributed by atoms with Crippen LogP contribution in [0.15, 0.2) is 66.7 Å². The Morgan fingerprint density at radius 1 is 0.486 bits per heavy atom. The maximum Gasteiger partial charge on any atom is 0.128 e. The van der Waals surface area contributed by atoms with Crippen molar-refractivity contribution in [1.29, 1.82) is 0 Å². The molecule has 0 heterocycles. The molecule has 35 heavy (non-hydrogen) atoms. The van der Waals surface area contributed by atoms with Gasteiger partial charge in [0.2, 0.25) is 0 Å². The molecule has 0 saturated carbocycles. The molecule has 188 valence electrons. The van der Waals surface area contributed by atoms with E-state index in [0.29, 0.717) is 0 Å². The van der Waals surface area contributed by atoms with Crippen LogP contribution >= 0.6 is 7.92 Å². The van der Waals surface area contributed by atoms with Gasteiger partial charge in [-0.05, 0) is 105 Å². The van der Waals surface area contributed by atoms with E-state index in [9.17, 15) is 0 Å². The monoisotopic (exact) mass is 494 g/mol. The van der Waals surface area contributed by atoms with Gasteiger partial charge in [-0.15, -0.1) is 0 Å². The van der Waals surface area contributed by atoms with Crippen molar-refractivity contribution in [1.82, 2.24) is 0 Å². The van der Waals surface area contributed by atoms with Crippen LogP contribution in [-0.4, -0.2) is 24.4 Å². The Labute approximate surface area is 212 Å². The maximum atomic E-state index is 6.33. The lowest BCUT2D eigenvalue weighted by Gasteiger charge is -2.27. The van der Waals surface area contributed by atoms with E-state index in [-0.39, 0.29) is 24.4 Å². The van der Waals surface area contributed by atoms with Crippen molar-refractivity contribution < 1.29 is 18.9 Å². The summed E-state index contributed by atoms with van der Waals surface area (Å²) in [6.07, 6.45) is 0.232. The first-order valence-electron chi connectivity index (χ1n) is 12.4. The van der Waals surface area contributed by atoms with Crippen molar-refractivity contribution in [3.05, 3.63) is 66.7 Å². The summed E-state index contributed by atoms with van der Waals surface area (Å²) < 4.78 is 24.9. The van der Waals surface area contributed by atoms with Crippen molar-refractivity contribution in [2.45, 2.75) is 79.8 Å². The molecule has 4 nitrogen and oxygen atoms in total. The average Bonchev–Trinajstić information content (AvgIpc) is 2.76. The zero-order valence-electron chi connectivity index (χ0n) is 22.2. The van der Waals surface area contributed by atoms with E-state index in [1.165, 1.54) is 5.30 Å². The summed E-state index contributed by atoms with van der Waals surface area (Å²) in [4.78, 5) is 0. The van der Waals surface area contributed by atoms with Crippen molar-refractivity contribution >= 4 is 23.8 Å². The highest BCUT2D eigenvalue weighted by Crippen LogP contribution is 2.42. The van der Waals surface area contributed by atoms with Crippen LogP contribution in [0, 0.1) is 0 Å². The molecule has 0 aliphatic heterocycles. The fourth-order valence-corrected chi connectivity index (χ4v) is 6.22. The number of hydrogen-bond donors (Lipinski definition) is 0. The highest BCUT2D eigenvalue weighted by atomic mass is 31.1. The normalized spacial score (nSPS) is 11.6. The third-order valence-electron chi connectivity index (χ3n) is 4.83. The van der Waals surface area contributed by atoms with E-state index >= 15 is 0 Å². The maximum absolute atomic E-state index is 6.33. The molecule has 0 unspecified atom stereocenters. The predicted octanol–water partition coefficient (Wildman–Crippen LogP) is 6.59. The molecule has 3 aromatic rings. The molecule has 0 aliphatic carbocycles. The number of benzene rings is 3. The van der Waals surface area contributed by atoms with Gasteiger partial charge in [0.05, 0.1) is 24.4 Å². The summed E-state index contributed by atoms with van der Waals surface area (Å²) >= 11 is 0. The number of hydrogen-bond acceptors (Lipinski definition) is 4. The van der Waals surface area contributed by atoms with E-state index in [2.05, 4.69) is 64.1 Å². The first kappa shape index (κ1) is 26.9. The van der Waals surface area contributed by atoms with Crippen LogP contribution in [0.2, 0.25) is 0 Å². The third kappa shape index (κ3) is 7.64. The molecule has 0 bridgehead atoms. The topological polar surface area (TPSA) is 36.9 Å². The quantitative estimate of drug-likeness (QED) is 0.282. The second-order valence-electron chi connectivity index (χ2n) is 9.60. The molecule has 3 rings (SSSR count). The molecule has 0 fully saturated rings. The molecule has 0 atom stereocenters. The molecule has 0 radical (unpaired) electrons. The molecule has 0 saturated heterocycles. The highest BCUT2D eigenvalue weighted by Gasteiger charge is 2.26. The summed E-state index contributed by atoms with van der Waals surface area (Å²) in [7, 11) is -1.04. The molecule has 0 amide bonds. The van der Waals surface area contributed by atoms with Gasteiger partial charge in [-0.3, -0.25) is 0 Å². The van der Waals surface area contributed by atoms with Gasteiger partial charge in [-0.25, -0.2) is 0 Å². The molecular formula is C30H39O4P. The van der Waals surface area contributed by atoms with Gasteiger partial charge in [0, 0.05) is 10.6 Å². The van der Waals surface area contributed by atoms with Gasteiger partial charge < -0.3 is 18.9 Å². The lowest BCUT2D eigenvalue weighted by Crippen LogP contribution is -2.26. The second-order valence-corrected chi connectivity index (χ2v) is 11.7. The molecule has 3 aromatic carbocycles. The van der Waals surface area contributed by atoms with E-state index in [0.717, 1.165) is 33.6 Å². The van der Waals surface area contributed by atoms with E-state index in [4.69, 9.17) is 18.9 Å². The van der Waals surface area contributed by atoms with Crippen LogP contribution in [0.25, 0.3) is 0 Å². The van der Waals surface area contributed by atoms with Crippen molar-refractivity contribution in [2.75, 3.05) is 0 Å². The zero-order valence-corrected chi connectivity index (χ0v) is 23.1. The van der Waals surface area contributed by atoms with Gasteiger partial charge in [0.15, 0.2) is 0 Å². The standard InChI is InChI=1S/C30H39O4P/c1-20(2)31-24-14-16-27(33-22(5)6)29(18-24)35(26-12-10-9-11-13-26)30-19-25(32-21(3)4)15-17-28(30)34-23(7)8/h9-23H,1-8H3. The molecule has 0 N–H and O–H groups in total. The van der Waals surface area contributed by atoms with E-state index in [1.54, 1.807) is 0 Å². The molecule has 0 spiro atoms. The van der Waals surface area contributed by atoms with Crippen LogP contribution in [0.5, 0.6) is 23.0 Å². The van der Waals surface area contributed by atoms with Gasteiger partial charge in [-0.1, -0.05) is 30.3 Å². The first-order valence-corrected chi connectivity index (χ1v) is 13.8. The molecule has 0 aliphatic rings. The summed E-state index contributed by atoms with van der Waals surface area (Å²) in [6.45, 7) is 16.4. The van der Waals surface area contributed by atoms with Crippen molar-refractivity contribution in [2.24, 2.45) is 0 Å². The summed E-state index contributed by atoms with van der Waals surface area (Å²) in [5.41, 5.74) is 0. The van der Waals surface area contributed by atoms with Crippen LogP contribution in [0.4, 0.5) is 0 Å². The third-order valence-corrected chi connectivity index (χ3v) is 7.30. The number of ether oxygens (including phenoxy) is 4. The Hall–Kier alpha value is -2.71. The van der Waals surface area contributed by atoms with E-state index in [1.807, 2.05) is 58.0 Å². The minimum atomic E-state index is -1.04. The fraction of sp³-hybridized carbons (Fsp3) is 0.400. The SMILES string of the molecule is CC(C)Oc1ccc(OC(C)C)c(P(c2ccccc2)c2cc(OC(C)C)ccc2OC(C)C)c1. The van der Waals surface area contributed by atoms with Crippen molar-refractivity contribution in [3.63, 3.8) is 0 Å². The largest absolute Gasteiger partial charge is 0.491 e. The van der Waals surface area contributed by atoms with Gasteiger partial charge in [0.1, 0.15) is 23.0 Å². The van der Waals surface area contributed by atoms with Gasteiger partial charge in [-0.2, -0.15) is 0 Å². The Kier molecular flexibility index (Phi) is 9.46. The Morgan fingerprint density at radius 2 is 0.886 bits per heavy atom. The molecular weight excluding hydrogens is 455 g/mol. The van der Waals surface area contributed by atoms with Crippen LogP contribution in [0.1, 0.15) is 55.4 Å². The molecule has 0 aromatic heterocycles. The summed E-state index contributed by atoms with van der Waals surface area (Å²) in [5.74, 6) is 3.37. The van der Waals surface area contributed by atoms with E-state index < -0.39 is 7.92 Å². The highest BCUT2D eigenvalue weighted by molar-refractivity contribution is 7.80. The number of rotatable bonds is 11. The minimum absolute atomic E-state index is 0.0419. The zero-order chi connectivity index (χ0) is 25.5. The lowest BCUT2D eigenvalue weighted by molar-refractivity contribution is 0.236. The Morgan fingerprint density at radius 3 is 1.26 bits per heavy atom. The average molecular weight is 495 g/mol. The summed E-state index contributed by atoms with van der Waals surface area (Å²) in [6, 6.07) is 22.9. The van der Waals surface area contributed by atoms with Gasteiger partial charge >= 0.3 is 0 Å². The predicted molar refractivity (Wildman–Crippen MR) is 148 cm³/mol. The first-order chi connectivity index (χ1) is 16.6. The fourth-order valence-electron chi connectivity index (χ4n) is 3.73. The van der Waals surface area contributed by atoms with Crippen LogP contribution < -0.4 is 34.9 Å². The second kappa shape index (κ2) is 12.3. The Balaban J connectivity index is 2.30. The van der Waals surface area contributed by atoms with Crippen LogP contribution in [-0.2, 0) is 0 Å². The Bertz CT molecular complexity index is 1010. The lowest BCUT2D eigenvalue weighted by atomic mass is 10.3. The minimum Gasteiger partial charge on any atom is -0.491 e. The van der Waals surface area contributed by atoms with Crippen LogP contribution in [0.3, 0.4) is 0 Å². The van der Waals surface area contributed by atoms with Gasteiger partial charge in [0.25, 0.3) is 0 Å². The smallest absolute Gasteiger partial charge is 0.128 e. The summed E-state index contributed by atoms with van der Waals surface area (Å²) in [5, 5.41) is 3.38. The molecule has 5 heteroatoms. The van der Waals surface area contributed by atoms with Crippen molar-refractivity contribution in [3.8, 4) is 23.0 Å².